The van der Waals surface area contributed by atoms with Gasteiger partial charge in [0, 0.05) is 0 Å². The molecule has 180 valence electrons. The number of fused-ring (bicyclic) bond motifs is 1. The molecule has 0 aromatic heterocycles. The van der Waals surface area contributed by atoms with Gasteiger partial charge in [-0.25, -0.2) is 0 Å². The van der Waals surface area contributed by atoms with Crippen LogP contribution in [-0.4, -0.2) is 40.7 Å². The van der Waals surface area contributed by atoms with Crippen LogP contribution in [0.3, 0.4) is 0 Å². The highest BCUT2D eigenvalue weighted by molar-refractivity contribution is 8.27. The normalized spacial score (nSPS) is 15.9. The van der Waals surface area contributed by atoms with Crippen molar-refractivity contribution in [2.45, 2.75) is 6.61 Å². The highest BCUT2D eigenvalue weighted by Gasteiger charge is 2.35. The van der Waals surface area contributed by atoms with E-state index in [1.54, 1.807) is 31.4 Å². The number of aliphatic imine (C=N–C) groups is 1. The van der Waals surface area contributed by atoms with E-state index in [1.807, 2.05) is 60.7 Å². The van der Waals surface area contributed by atoms with E-state index in [-0.39, 0.29) is 18.0 Å². The second-order valence-electron chi connectivity index (χ2n) is 7.80. The molecule has 3 aromatic rings. The molecule has 1 amide bonds. The number of carbonyl (C=O) groups excluding carboxylic acids is 1. The summed E-state index contributed by atoms with van der Waals surface area (Å²) in [6, 6.07) is 24.6. The number of benzene rings is 3. The first-order valence-corrected chi connectivity index (χ1v) is 11.9. The molecule has 3 aromatic carbocycles. The molecule has 0 saturated heterocycles. The zero-order valence-corrected chi connectivity index (χ0v) is 20.2. The Morgan fingerprint density at radius 1 is 0.944 bits per heavy atom. The Morgan fingerprint density at radius 3 is 2.44 bits per heavy atom. The first kappa shape index (κ1) is 23.4. The second kappa shape index (κ2) is 10.5. The number of rotatable bonds is 8. The summed E-state index contributed by atoms with van der Waals surface area (Å²) in [6.45, 7) is 0.617. The lowest BCUT2D eigenvalue weighted by molar-refractivity contribution is -0.114. The van der Waals surface area contributed by atoms with Crippen molar-refractivity contribution in [3.05, 3.63) is 95.6 Å². The third kappa shape index (κ3) is 5.16. The molecule has 0 saturated carbocycles. The predicted octanol–water partition coefficient (Wildman–Crippen LogP) is 4.97. The smallest absolute Gasteiger partial charge is 0.283 e. The molecule has 0 fully saturated rings. The number of amides is 1. The largest absolute Gasteiger partial charge is 0.493 e. The van der Waals surface area contributed by atoms with Crippen molar-refractivity contribution in [1.82, 2.24) is 5.01 Å². The van der Waals surface area contributed by atoms with Gasteiger partial charge < -0.3 is 14.2 Å². The van der Waals surface area contributed by atoms with Crippen LogP contribution in [0.15, 0.2) is 94.5 Å². The van der Waals surface area contributed by atoms with Crippen LogP contribution in [0, 0.1) is 5.41 Å². The molecule has 36 heavy (non-hydrogen) atoms. The minimum absolute atomic E-state index is 0.0458. The van der Waals surface area contributed by atoms with Gasteiger partial charge in [-0.3, -0.25) is 10.2 Å². The van der Waals surface area contributed by atoms with E-state index in [9.17, 15) is 4.79 Å². The van der Waals surface area contributed by atoms with Crippen molar-refractivity contribution >= 4 is 39.8 Å². The van der Waals surface area contributed by atoms with Gasteiger partial charge in [-0.2, -0.15) is 15.1 Å². The molecule has 2 aliphatic heterocycles. The number of thioether (sulfide) groups is 1. The van der Waals surface area contributed by atoms with Gasteiger partial charge in [0.15, 0.2) is 17.3 Å². The first-order chi connectivity index (χ1) is 17.6. The van der Waals surface area contributed by atoms with Crippen molar-refractivity contribution in [1.29, 1.82) is 5.41 Å². The molecule has 9 heteroatoms. The standard InChI is InChI=1S/C27H22N4O4S/c1-33-23-15-19(12-13-22(23)35-16-18-8-4-2-5-9-18)14-21-25(28)31-27(29-26(21)32)36-24(30-31)17-34-20-10-6-3-7-11-20/h2-15,28H,16-17H2,1H3/b21-14-,28-25?. The molecule has 0 bridgehead atoms. The summed E-state index contributed by atoms with van der Waals surface area (Å²) >= 11 is 1.22. The fourth-order valence-electron chi connectivity index (χ4n) is 3.55. The number of ether oxygens (including phenoxy) is 3. The van der Waals surface area contributed by atoms with Gasteiger partial charge in [-0.15, -0.1) is 0 Å². The van der Waals surface area contributed by atoms with Crippen LogP contribution in [0.4, 0.5) is 0 Å². The molecule has 0 spiro atoms. The van der Waals surface area contributed by atoms with Crippen molar-refractivity contribution in [2.75, 3.05) is 13.7 Å². The van der Waals surface area contributed by atoms with E-state index in [1.165, 1.54) is 16.8 Å². The summed E-state index contributed by atoms with van der Waals surface area (Å²) < 4.78 is 17.1. The van der Waals surface area contributed by atoms with Crippen LogP contribution < -0.4 is 14.2 Å². The van der Waals surface area contributed by atoms with Gasteiger partial charge in [-0.05, 0) is 53.2 Å². The molecule has 2 heterocycles. The molecule has 5 rings (SSSR count). The molecular formula is C27H22N4O4S. The number of nitrogens with zero attached hydrogens (tertiary/aromatic N) is 3. The Kier molecular flexibility index (Phi) is 6.81. The topological polar surface area (TPSA) is 96.6 Å². The number of hydrogen-bond donors (Lipinski definition) is 1. The number of hydrazone groups is 1. The molecule has 0 aliphatic carbocycles. The van der Waals surface area contributed by atoms with Crippen molar-refractivity contribution < 1.29 is 19.0 Å². The second-order valence-corrected chi connectivity index (χ2v) is 8.84. The van der Waals surface area contributed by atoms with Crippen LogP contribution in [0.25, 0.3) is 6.08 Å². The van der Waals surface area contributed by atoms with E-state index in [0.29, 0.717) is 39.6 Å². The number of para-hydroxylation sites is 1. The molecule has 2 aliphatic rings. The summed E-state index contributed by atoms with van der Waals surface area (Å²) in [7, 11) is 1.56. The summed E-state index contributed by atoms with van der Waals surface area (Å²) in [5.41, 5.74) is 1.85. The number of methoxy groups -OCH3 is 1. The predicted molar refractivity (Wildman–Crippen MR) is 141 cm³/mol. The Balaban J connectivity index is 1.31. The average Bonchev–Trinajstić information content (AvgIpc) is 3.33. The van der Waals surface area contributed by atoms with E-state index < -0.39 is 5.91 Å². The lowest BCUT2D eigenvalue weighted by Crippen LogP contribution is -2.35. The van der Waals surface area contributed by atoms with Crippen molar-refractivity contribution in [3.63, 3.8) is 0 Å². The van der Waals surface area contributed by atoms with Crippen LogP contribution >= 0.6 is 11.8 Å². The molecular weight excluding hydrogens is 476 g/mol. The average molecular weight is 499 g/mol. The zero-order valence-electron chi connectivity index (χ0n) is 19.4. The third-order valence-electron chi connectivity index (χ3n) is 5.34. The highest BCUT2D eigenvalue weighted by atomic mass is 32.2. The van der Waals surface area contributed by atoms with Gasteiger partial charge in [0.25, 0.3) is 5.91 Å². The van der Waals surface area contributed by atoms with Crippen LogP contribution in [-0.2, 0) is 11.4 Å². The number of hydrogen-bond acceptors (Lipinski definition) is 7. The minimum Gasteiger partial charge on any atom is -0.493 e. The maximum Gasteiger partial charge on any atom is 0.283 e. The number of amidine groups is 2. The minimum atomic E-state index is -0.498. The molecule has 0 radical (unpaired) electrons. The molecule has 0 atom stereocenters. The quantitative estimate of drug-likeness (QED) is 0.441. The van der Waals surface area contributed by atoms with Crippen LogP contribution in [0.2, 0.25) is 0 Å². The summed E-state index contributed by atoms with van der Waals surface area (Å²) in [4.78, 5) is 16.9. The Labute approximate surface area is 212 Å². The third-order valence-corrected chi connectivity index (χ3v) is 6.22. The van der Waals surface area contributed by atoms with Gasteiger partial charge in [0.2, 0.25) is 5.17 Å². The number of nitrogens with one attached hydrogen (secondary N) is 1. The summed E-state index contributed by atoms with van der Waals surface area (Å²) in [6.07, 6.45) is 1.60. The van der Waals surface area contributed by atoms with Crippen LogP contribution in [0.5, 0.6) is 17.2 Å². The van der Waals surface area contributed by atoms with E-state index in [4.69, 9.17) is 19.6 Å². The fourth-order valence-corrected chi connectivity index (χ4v) is 4.35. The number of carbonyl (C=O) groups is 1. The monoisotopic (exact) mass is 498 g/mol. The van der Waals surface area contributed by atoms with Crippen LogP contribution in [0.1, 0.15) is 11.1 Å². The summed E-state index contributed by atoms with van der Waals surface area (Å²) in [5, 5.41) is 15.3. The molecule has 1 N–H and O–H groups in total. The van der Waals surface area contributed by atoms with Gasteiger partial charge in [0.1, 0.15) is 24.0 Å². The summed E-state index contributed by atoms with van der Waals surface area (Å²) in [5.74, 6) is 1.27. The lowest BCUT2D eigenvalue weighted by atomic mass is 10.1. The SMILES string of the molecule is COc1cc(/C=C2/C(=N)N3N=C(COc4ccccc4)SC3=NC2=O)ccc1OCc1ccccc1. The fraction of sp³-hybridized carbons (Fsp3) is 0.111. The van der Waals surface area contributed by atoms with Gasteiger partial charge in [0.05, 0.1) is 12.7 Å². The zero-order chi connectivity index (χ0) is 24.9. The van der Waals surface area contributed by atoms with E-state index in [0.717, 1.165) is 5.56 Å². The van der Waals surface area contributed by atoms with Crippen molar-refractivity contribution in [2.24, 2.45) is 10.1 Å². The Morgan fingerprint density at radius 2 is 1.69 bits per heavy atom. The first-order valence-electron chi connectivity index (χ1n) is 11.1. The van der Waals surface area contributed by atoms with Gasteiger partial charge >= 0.3 is 0 Å². The maximum atomic E-state index is 12.7. The Hall–Kier alpha value is -4.37. The Bertz CT molecular complexity index is 1390. The maximum absolute atomic E-state index is 12.7. The van der Waals surface area contributed by atoms with E-state index in [2.05, 4.69) is 10.1 Å². The van der Waals surface area contributed by atoms with E-state index >= 15 is 0 Å². The molecule has 0 unspecified atom stereocenters. The van der Waals surface area contributed by atoms with Crippen molar-refractivity contribution in [3.8, 4) is 17.2 Å². The lowest BCUT2D eigenvalue weighted by Gasteiger charge is -2.20. The van der Waals surface area contributed by atoms with Gasteiger partial charge in [-0.1, -0.05) is 54.6 Å². The highest BCUT2D eigenvalue weighted by Crippen LogP contribution is 2.32. The molecule has 8 nitrogen and oxygen atoms in total.